The van der Waals surface area contributed by atoms with Gasteiger partial charge in [-0.2, -0.15) is 0 Å². The van der Waals surface area contributed by atoms with Crippen LogP contribution in [0.1, 0.15) is 32.1 Å². The monoisotopic (exact) mass is 318 g/mol. The number of benzene rings is 1. The van der Waals surface area contributed by atoms with E-state index in [0.717, 1.165) is 11.5 Å². The van der Waals surface area contributed by atoms with Crippen LogP contribution in [0.5, 0.6) is 11.5 Å². The lowest BCUT2D eigenvalue weighted by molar-refractivity contribution is 0.239. The quantitative estimate of drug-likeness (QED) is 0.757. The summed E-state index contributed by atoms with van der Waals surface area (Å²) in [5.74, 6) is 2.16. The summed E-state index contributed by atoms with van der Waals surface area (Å²) in [6.45, 7) is 0.876. The third kappa shape index (κ3) is 6.63. The Labute approximate surface area is 138 Å². The zero-order chi connectivity index (χ0) is 16.3. The van der Waals surface area contributed by atoms with Crippen molar-refractivity contribution in [2.24, 2.45) is 5.92 Å². The summed E-state index contributed by atoms with van der Waals surface area (Å²) in [4.78, 5) is 11.6. The molecule has 1 saturated carbocycles. The number of carbonyl (C=O) groups is 1. The number of urea groups is 1. The Balaban J connectivity index is 1.56. The Hall–Kier alpha value is -2.17. The summed E-state index contributed by atoms with van der Waals surface area (Å²) in [7, 11) is 1.63. The first kappa shape index (κ1) is 17.2. The fourth-order valence-electron chi connectivity index (χ4n) is 2.64. The van der Waals surface area contributed by atoms with Crippen LogP contribution in [0.15, 0.2) is 36.5 Å². The smallest absolute Gasteiger partial charge is 0.318 e. The van der Waals surface area contributed by atoms with E-state index < -0.39 is 0 Å². The third-order valence-electron chi connectivity index (χ3n) is 3.95. The number of carbonyl (C=O) groups excluding carboxylic acids is 1. The molecule has 5 nitrogen and oxygen atoms in total. The van der Waals surface area contributed by atoms with Crippen molar-refractivity contribution in [1.29, 1.82) is 0 Å². The van der Waals surface area contributed by atoms with Gasteiger partial charge in [0.25, 0.3) is 0 Å². The number of hydrogen-bond donors (Lipinski definition) is 2. The number of ether oxygens (including phenoxy) is 2. The molecule has 1 aromatic carbocycles. The lowest BCUT2D eigenvalue weighted by Gasteiger charge is -2.17. The molecule has 0 bridgehead atoms. The molecule has 1 aliphatic rings. The van der Waals surface area contributed by atoms with Crippen molar-refractivity contribution in [2.45, 2.75) is 32.1 Å². The molecule has 0 heterocycles. The normalized spacial score (nSPS) is 15.3. The number of hydrogen-bond acceptors (Lipinski definition) is 3. The van der Waals surface area contributed by atoms with Gasteiger partial charge in [-0.1, -0.05) is 25.3 Å². The Kier molecular flexibility index (Phi) is 7.30. The molecule has 0 aromatic heterocycles. The first-order valence-corrected chi connectivity index (χ1v) is 8.26. The minimum Gasteiger partial charge on any atom is -0.497 e. The Morgan fingerprint density at radius 2 is 1.87 bits per heavy atom. The van der Waals surface area contributed by atoms with Gasteiger partial charge in [-0.25, -0.2) is 4.79 Å². The Morgan fingerprint density at radius 3 is 2.57 bits per heavy atom. The molecule has 1 aliphatic carbocycles. The predicted molar refractivity (Wildman–Crippen MR) is 90.7 cm³/mol. The lowest BCUT2D eigenvalue weighted by atomic mass is 9.89. The van der Waals surface area contributed by atoms with Gasteiger partial charge in [0, 0.05) is 6.20 Å². The molecule has 0 spiro atoms. The number of amides is 2. The zero-order valence-electron chi connectivity index (χ0n) is 13.7. The van der Waals surface area contributed by atoms with Crippen LogP contribution < -0.4 is 20.1 Å². The van der Waals surface area contributed by atoms with Crippen molar-refractivity contribution in [3.05, 3.63) is 36.5 Å². The first-order valence-electron chi connectivity index (χ1n) is 8.26. The van der Waals surface area contributed by atoms with E-state index >= 15 is 0 Å². The van der Waals surface area contributed by atoms with Crippen molar-refractivity contribution < 1.29 is 14.3 Å². The highest BCUT2D eigenvalue weighted by molar-refractivity contribution is 5.74. The number of rotatable bonds is 7. The summed E-state index contributed by atoms with van der Waals surface area (Å²) in [6, 6.07) is 7.16. The van der Waals surface area contributed by atoms with Crippen molar-refractivity contribution in [3.8, 4) is 11.5 Å². The van der Waals surface area contributed by atoms with Crippen molar-refractivity contribution in [1.82, 2.24) is 10.6 Å². The third-order valence-corrected chi connectivity index (χ3v) is 3.95. The molecule has 0 saturated heterocycles. The van der Waals surface area contributed by atoms with E-state index in [2.05, 4.69) is 16.7 Å². The van der Waals surface area contributed by atoms with Gasteiger partial charge in [0.15, 0.2) is 0 Å². The standard InChI is InChI=1S/C18H26N2O3/c1-22-16-7-9-17(10-8-16)23-14-13-20-18(21)19-12-11-15-5-3-2-4-6-15/h7-12,15H,2-6,13-14H2,1H3,(H2,19,20,21)/b12-11+. The van der Waals surface area contributed by atoms with E-state index in [9.17, 15) is 4.79 Å². The second-order valence-corrected chi connectivity index (χ2v) is 5.68. The van der Waals surface area contributed by atoms with Crippen LogP contribution in [0.4, 0.5) is 4.79 Å². The van der Waals surface area contributed by atoms with E-state index in [-0.39, 0.29) is 6.03 Å². The van der Waals surface area contributed by atoms with Crippen LogP contribution in [-0.2, 0) is 0 Å². The minimum atomic E-state index is -0.199. The van der Waals surface area contributed by atoms with Crippen LogP contribution in [0.25, 0.3) is 0 Å². The molecule has 2 rings (SSSR count). The molecule has 0 atom stereocenters. The van der Waals surface area contributed by atoms with Crippen LogP contribution in [0, 0.1) is 5.92 Å². The van der Waals surface area contributed by atoms with Gasteiger partial charge in [-0.15, -0.1) is 0 Å². The molecule has 0 radical (unpaired) electrons. The highest BCUT2D eigenvalue weighted by Crippen LogP contribution is 2.24. The van der Waals surface area contributed by atoms with Crippen LogP contribution in [-0.4, -0.2) is 26.3 Å². The van der Waals surface area contributed by atoms with Crippen molar-refractivity contribution >= 4 is 6.03 Å². The average Bonchev–Trinajstić information content (AvgIpc) is 2.60. The molecule has 2 N–H and O–H groups in total. The SMILES string of the molecule is COc1ccc(OCCNC(=O)N/C=C/C2CCCCC2)cc1. The summed E-state index contributed by atoms with van der Waals surface area (Å²) >= 11 is 0. The second kappa shape index (κ2) is 9.77. The van der Waals surface area contributed by atoms with Gasteiger partial charge >= 0.3 is 6.03 Å². The molecule has 1 fully saturated rings. The highest BCUT2D eigenvalue weighted by Gasteiger charge is 2.09. The van der Waals surface area contributed by atoms with E-state index in [4.69, 9.17) is 9.47 Å². The maximum absolute atomic E-state index is 11.6. The summed E-state index contributed by atoms with van der Waals surface area (Å²) in [5.41, 5.74) is 0. The molecule has 0 unspecified atom stereocenters. The van der Waals surface area contributed by atoms with E-state index in [0.29, 0.717) is 19.1 Å². The molecule has 2 amide bonds. The summed E-state index contributed by atoms with van der Waals surface area (Å²) in [5, 5.41) is 5.50. The van der Waals surface area contributed by atoms with E-state index in [1.54, 1.807) is 13.3 Å². The molecule has 1 aromatic rings. The average molecular weight is 318 g/mol. The molecule has 126 valence electrons. The summed E-state index contributed by atoms with van der Waals surface area (Å²) in [6.07, 6.45) is 10.3. The Bertz CT molecular complexity index is 493. The van der Waals surface area contributed by atoms with Gasteiger partial charge in [0.05, 0.1) is 13.7 Å². The topological polar surface area (TPSA) is 59.6 Å². The first-order chi connectivity index (χ1) is 11.3. The van der Waals surface area contributed by atoms with Gasteiger partial charge in [0.2, 0.25) is 0 Å². The van der Waals surface area contributed by atoms with E-state index in [1.165, 1.54) is 32.1 Å². The zero-order valence-corrected chi connectivity index (χ0v) is 13.7. The van der Waals surface area contributed by atoms with Gasteiger partial charge in [0.1, 0.15) is 18.1 Å². The Morgan fingerprint density at radius 1 is 1.17 bits per heavy atom. The van der Waals surface area contributed by atoms with Crippen molar-refractivity contribution in [2.75, 3.05) is 20.3 Å². The van der Waals surface area contributed by atoms with Gasteiger partial charge in [-0.05, 0) is 43.0 Å². The van der Waals surface area contributed by atoms with E-state index in [1.807, 2.05) is 24.3 Å². The van der Waals surface area contributed by atoms with Crippen molar-refractivity contribution in [3.63, 3.8) is 0 Å². The fraction of sp³-hybridized carbons (Fsp3) is 0.500. The second-order valence-electron chi connectivity index (χ2n) is 5.68. The largest absolute Gasteiger partial charge is 0.497 e. The fourth-order valence-corrected chi connectivity index (χ4v) is 2.64. The maximum Gasteiger partial charge on any atom is 0.318 e. The van der Waals surface area contributed by atoms with Crippen LogP contribution in [0.3, 0.4) is 0 Å². The van der Waals surface area contributed by atoms with Crippen LogP contribution in [0.2, 0.25) is 0 Å². The highest BCUT2D eigenvalue weighted by atomic mass is 16.5. The molecule has 5 heteroatoms. The minimum absolute atomic E-state index is 0.199. The summed E-state index contributed by atoms with van der Waals surface area (Å²) < 4.78 is 10.6. The predicted octanol–water partition coefficient (Wildman–Crippen LogP) is 3.47. The number of nitrogens with one attached hydrogen (secondary N) is 2. The number of allylic oxidation sites excluding steroid dienone is 1. The van der Waals surface area contributed by atoms with Gasteiger partial charge < -0.3 is 20.1 Å². The maximum atomic E-state index is 11.6. The molecular weight excluding hydrogens is 292 g/mol. The number of methoxy groups -OCH3 is 1. The van der Waals surface area contributed by atoms with Crippen LogP contribution >= 0.6 is 0 Å². The lowest BCUT2D eigenvalue weighted by Crippen LogP contribution is -2.35. The van der Waals surface area contributed by atoms with Gasteiger partial charge in [-0.3, -0.25) is 0 Å². The molecular formula is C18H26N2O3. The molecule has 23 heavy (non-hydrogen) atoms. The molecule has 0 aliphatic heterocycles.